The predicted octanol–water partition coefficient (Wildman–Crippen LogP) is 2.10. The molecular formula is C9H19NO3. The van der Waals surface area contributed by atoms with Crippen molar-refractivity contribution in [3.05, 3.63) is 0 Å². The maximum absolute atomic E-state index is 8.56. The number of nitrogens with zero attached hydrogens (tertiary/aromatic N) is 1. The molecule has 0 radical (unpaired) electrons. The van der Waals surface area contributed by atoms with Crippen LogP contribution in [-0.4, -0.2) is 40.4 Å². The van der Waals surface area contributed by atoms with Gasteiger partial charge in [-0.05, 0) is 39.3 Å². The van der Waals surface area contributed by atoms with Crippen molar-refractivity contribution in [2.24, 2.45) is 0 Å². The molecule has 0 spiro atoms. The van der Waals surface area contributed by atoms with Gasteiger partial charge in [-0.2, -0.15) is 0 Å². The van der Waals surface area contributed by atoms with Gasteiger partial charge in [0.05, 0.1) is 0 Å². The first-order valence-electron chi connectivity index (χ1n) is 4.73. The Morgan fingerprint density at radius 2 is 1.77 bits per heavy atom. The van der Waals surface area contributed by atoms with E-state index >= 15 is 0 Å². The maximum Gasteiger partial charge on any atom is 0.503 e. The van der Waals surface area contributed by atoms with Crippen LogP contribution in [0.4, 0.5) is 4.79 Å². The van der Waals surface area contributed by atoms with Crippen LogP contribution in [0.15, 0.2) is 0 Å². The van der Waals surface area contributed by atoms with Gasteiger partial charge < -0.3 is 15.1 Å². The van der Waals surface area contributed by atoms with Gasteiger partial charge in [-0.3, -0.25) is 0 Å². The zero-order chi connectivity index (χ0) is 10.3. The zero-order valence-corrected chi connectivity index (χ0v) is 8.36. The minimum Gasteiger partial charge on any atom is -0.450 e. The first-order valence-corrected chi connectivity index (χ1v) is 4.73. The second-order valence-electron chi connectivity index (χ2n) is 3.28. The summed E-state index contributed by atoms with van der Waals surface area (Å²) in [5.41, 5.74) is 0. The highest BCUT2D eigenvalue weighted by Crippen LogP contribution is 2.12. The summed E-state index contributed by atoms with van der Waals surface area (Å²) in [5, 5.41) is 13.9. The Balaban J connectivity index is 0.000000310. The molecule has 13 heavy (non-hydrogen) atoms. The lowest BCUT2D eigenvalue weighted by Gasteiger charge is -2.21. The average Bonchev–Trinajstić information content (AvgIpc) is 2.54. The fraction of sp³-hybridized carbons (Fsp3) is 0.889. The van der Waals surface area contributed by atoms with Crippen molar-refractivity contribution in [2.45, 2.75) is 39.2 Å². The highest BCUT2D eigenvalue weighted by atomic mass is 16.6. The van der Waals surface area contributed by atoms with Crippen LogP contribution in [0.25, 0.3) is 0 Å². The minimum absolute atomic E-state index is 0.826. The van der Waals surface area contributed by atoms with E-state index in [0.717, 1.165) is 6.04 Å². The summed E-state index contributed by atoms with van der Waals surface area (Å²) >= 11 is 0. The van der Waals surface area contributed by atoms with Crippen LogP contribution in [0.3, 0.4) is 0 Å². The molecule has 4 nitrogen and oxygen atoms in total. The second kappa shape index (κ2) is 6.71. The van der Waals surface area contributed by atoms with E-state index in [1.165, 1.54) is 32.4 Å². The summed E-state index contributed by atoms with van der Waals surface area (Å²) < 4.78 is 0. The molecule has 0 aromatic carbocycles. The van der Waals surface area contributed by atoms with Gasteiger partial charge in [0.15, 0.2) is 0 Å². The summed E-state index contributed by atoms with van der Waals surface area (Å²) in [6.07, 6.45) is 2.31. The normalized spacial score (nSPS) is 18.9. The molecule has 0 aliphatic carbocycles. The van der Waals surface area contributed by atoms with Gasteiger partial charge in [-0.1, -0.05) is 6.92 Å². The number of likely N-dealkylation sites (tertiary alicyclic amines) is 1. The third-order valence-electron chi connectivity index (χ3n) is 2.35. The third kappa shape index (κ3) is 6.40. The predicted molar refractivity (Wildman–Crippen MR) is 51.2 cm³/mol. The van der Waals surface area contributed by atoms with Gasteiger partial charge in [0.25, 0.3) is 0 Å². The lowest BCUT2D eigenvalue weighted by atomic mass is 10.2. The molecule has 1 unspecified atom stereocenters. The van der Waals surface area contributed by atoms with Gasteiger partial charge in [0.2, 0.25) is 0 Å². The topological polar surface area (TPSA) is 60.8 Å². The average molecular weight is 189 g/mol. The van der Waals surface area contributed by atoms with Crippen molar-refractivity contribution in [1.29, 1.82) is 0 Å². The molecule has 1 saturated heterocycles. The van der Waals surface area contributed by atoms with Gasteiger partial charge >= 0.3 is 6.16 Å². The molecule has 1 fully saturated rings. The Hall–Kier alpha value is -0.770. The minimum atomic E-state index is -1.83. The molecule has 1 atom stereocenters. The molecular weight excluding hydrogens is 170 g/mol. The van der Waals surface area contributed by atoms with Crippen molar-refractivity contribution in [1.82, 2.24) is 4.90 Å². The first-order chi connectivity index (χ1) is 6.07. The van der Waals surface area contributed by atoms with Crippen molar-refractivity contribution in [3.8, 4) is 0 Å². The summed E-state index contributed by atoms with van der Waals surface area (Å²) in [5.74, 6) is 0. The molecule has 0 saturated carbocycles. The quantitative estimate of drug-likeness (QED) is 0.698. The monoisotopic (exact) mass is 189 g/mol. The number of carboxylic acid groups (broad SMARTS) is 2. The van der Waals surface area contributed by atoms with E-state index in [0.29, 0.717) is 0 Å². The highest BCUT2D eigenvalue weighted by molar-refractivity contribution is 5.53. The largest absolute Gasteiger partial charge is 0.503 e. The molecule has 2 N–H and O–H groups in total. The Bertz CT molecular complexity index is 140. The van der Waals surface area contributed by atoms with Gasteiger partial charge in [0.1, 0.15) is 0 Å². The third-order valence-corrected chi connectivity index (χ3v) is 2.35. The first kappa shape index (κ1) is 12.2. The number of rotatable bonds is 2. The van der Waals surface area contributed by atoms with Crippen LogP contribution in [0, 0.1) is 0 Å². The molecule has 0 aromatic heterocycles. The SMILES string of the molecule is CCC(C)N1CCCC1.O=C(O)O. The lowest BCUT2D eigenvalue weighted by Crippen LogP contribution is -2.29. The van der Waals surface area contributed by atoms with E-state index in [4.69, 9.17) is 15.0 Å². The lowest BCUT2D eigenvalue weighted by molar-refractivity contribution is 0.137. The van der Waals surface area contributed by atoms with Crippen LogP contribution < -0.4 is 0 Å². The zero-order valence-electron chi connectivity index (χ0n) is 8.36. The van der Waals surface area contributed by atoms with E-state index in [9.17, 15) is 0 Å². The van der Waals surface area contributed by atoms with Crippen LogP contribution in [0.2, 0.25) is 0 Å². The second-order valence-corrected chi connectivity index (χ2v) is 3.28. The van der Waals surface area contributed by atoms with Gasteiger partial charge in [0, 0.05) is 6.04 Å². The van der Waals surface area contributed by atoms with Crippen LogP contribution in [0.1, 0.15) is 33.1 Å². The molecule has 0 aromatic rings. The fourth-order valence-electron chi connectivity index (χ4n) is 1.44. The Morgan fingerprint density at radius 1 is 1.38 bits per heavy atom. The molecule has 1 rings (SSSR count). The summed E-state index contributed by atoms with van der Waals surface area (Å²) in [7, 11) is 0. The molecule has 0 bridgehead atoms. The van der Waals surface area contributed by atoms with E-state index in [2.05, 4.69) is 18.7 Å². The molecule has 1 aliphatic heterocycles. The summed E-state index contributed by atoms with van der Waals surface area (Å²) in [6, 6.07) is 0.826. The molecule has 78 valence electrons. The Morgan fingerprint density at radius 3 is 2.08 bits per heavy atom. The molecule has 1 aliphatic rings. The number of hydrogen-bond donors (Lipinski definition) is 2. The summed E-state index contributed by atoms with van der Waals surface area (Å²) in [6.45, 7) is 7.28. The van der Waals surface area contributed by atoms with Crippen molar-refractivity contribution in [2.75, 3.05) is 13.1 Å². The van der Waals surface area contributed by atoms with E-state index < -0.39 is 6.16 Å². The maximum atomic E-state index is 8.56. The van der Waals surface area contributed by atoms with Crippen LogP contribution in [-0.2, 0) is 0 Å². The standard InChI is InChI=1S/C8H17N.CH2O3/c1-3-8(2)9-6-4-5-7-9;2-1(3)4/h8H,3-7H2,1-2H3;(H2,2,3,4). The van der Waals surface area contributed by atoms with Gasteiger partial charge in [-0.25, -0.2) is 4.79 Å². The van der Waals surface area contributed by atoms with Crippen molar-refractivity contribution < 1.29 is 15.0 Å². The number of carbonyl (C=O) groups is 1. The Kier molecular flexibility index (Phi) is 6.32. The van der Waals surface area contributed by atoms with E-state index in [1.54, 1.807) is 0 Å². The van der Waals surface area contributed by atoms with Crippen molar-refractivity contribution >= 4 is 6.16 Å². The fourth-order valence-corrected chi connectivity index (χ4v) is 1.44. The van der Waals surface area contributed by atoms with Crippen LogP contribution >= 0.6 is 0 Å². The number of hydrogen-bond acceptors (Lipinski definition) is 2. The highest BCUT2D eigenvalue weighted by Gasteiger charge is 2.15. The van der Waals surface area contributed by atoms with Gasteiger partial charge in [-0.15, -0.1) is 0 Å². The molecule has 0 amide bonds. The molecule has 4 heteroatoms. The van der Waals surface area contributed by atoms with Crippen molar-refractivity contribution in [3.63, 3.8) is 0 Å². The molecule has 1 heterocycles. The Labute approximate surface area is 79.2 Å². The smallest absolute Gasteiger partial charge is 0.450 e. The summed E-state index contributed by atoms with van der Waals surface area (Å²) in [4.78, 5) is 11.1. The van der Waals surface area contributed by atoms with E-state index in [-0.39, 0.29) is 0 Å². The van der Waals surface area contributed by atoms with Crippen LogP contribution in [0.5, 0.6) is 0 Å². The van der Waals surface area contributed by atoms with E-state index in [1.807, 2.05) is 0 Å².